The molecular weight excluding hydrogens is 142 g/mol. The summed E-state index contributed by atoms with van der Waals surface area (Å²) in [5, 5.41) is 2.32. The molecule has 0 rings (SSSR count). The Balaban J connectivity index is 3.43. The van der Waals surface area contributed by atoms with E-state index < -0.39 is 6.09 Å². The molecule has 0 saturated heterocycles. The van der Waals surface area contributed by atoms with E-state index >= 15 is 0 Å². The van der Waals surface area contributed by atoms with E-state index in [2.05, 4.69) is 21.9 Å². The third kappa shape index (κ3) is 6.72. The molecule has 62 valence electrons. The molecule has 0 heterocycles. The highest BCUT2D eigenvalue weighted by Gasteiger charge is 1.92. The molecule has 0 aromatic carbocycles. The molecule has 3 nitrogen and oxygen atoms in total. The fraction of sp³-hybridized carbons (Fsp3) is 0.625. The molecule has 0 fully saturated rings. The van der Waals surface area contributed by atoms with Crippen molar-refractivity contribution in [2.45, 2.75) is 13.8 Å². The second-order valence-electron chi connectivity index (χ2n) is 2.30. The molecule has 0 aromatic rings. The first kappa shape index (κ1) is 9.83. The quantitative estimate of drug-likeness (QED) is 0.574. The van der Waals surface area contributed by atoms with Crippen LogP contribution in [0.25, 0.3) is 0 Å². The average molecular weight is 155 g/mol. The summed E-state index contributed by atoms with van der Waals surface area (Å²) in [5.74, 6) is 5.91. The normalized spacial score (nSPS) is 8.36. The lowest BCUT2D eigenvalue weighted by Gasteiger charge is -1.96. The predicted octanol–water partition coefficient (Wildman–Crippen LogP) is 1.00. The summed E-state index contributed by atoms with van der Waals surface area (Å²) in [6.45, 7) is 4.12. The highest BCUT2D eigenvalue weighted by Crippen LogP contribution is 1.85. The first-order valence-electron chi connectivity index (χ1n) is 3.49. The van der Waals surface area contributed by atoms with Crippen LogP contribution >= 0.6 is 0 Å². The molecular formula is C8H13NO2. The maximum Gasteiger partial charge on any atom is 0.407 e. The van der Waals surface area contributed by atoms with Gasteiger partial charge in [0.05, 0.1) is 0 Å². The van der Waals surface area contributed by atoms with Crippen LogP contribution in [0.2, 0.25) is 0 Å². The lowest BCUT2D eigenvalue weighted by atomic mass is 10.2. The fourth-order valence-corrected chi connectivity index (χ4v) is 0.420. The van der Waals surface area contributed by atoms with E-state index in [1.54, 1.807) is 0 Å². The smallest absolute Gasteiger partial charge is 0.407 e. The van der Waals surface area contributed by atoms with E-state index in [9.17, 15) is 4.79 Å². The van der Waals surface area contributed by atoms with Crippen LogP contribution in [-0.4, -0.2) is 19.7 Å². The Morgan fingerprint density at radius 3 is 2.73 bits per heavy atom. The number of nitrogens with one attached hydrogen (secondary N) is 1. The van der Waals surface area contributed by atoms with Crippen LogP contribution in [0.1, 0.15) is 13.8 Å². The molecule has 0 unspecified atom stereocenters. The van der Waals surface area contributed by atoms with Crippen LogP contribution in [0, 0.1) is 17.8 Å². The number of carbonyl (C=O) groups excluding carboxylic acids is 1. The Kier molecular flexibility index (Phi) is 5.01. The van der Waals surface area contributed by atoms with Gasteiger partial charge in [0.15, 0.2) is 6.61 Å². The summed E-state index contributed by atoms with van der Waals surface area (Å²) in [6, 6.07) is 0. The largest absolute Gasteiger partial charge is 0.436 e. The van der Waals surface area contributed by atoms with Crippen LogP contribution in [0.15, 0.2) is 0 Å². The summed E-state index contributed by atoms with van der Waals surface area (Å²) < 4.78 is 4.62. The Labute approximate surface area is 67.1 Å². The van der Waals surface area contributed by atoms with Gasteiger partial charge in [-0.3, -0.25) is 0 Å². The van der Waals surface area contributed by atoms with Gasteiger partial charge in [-0.05, 0) is 0 Å². The summed E-state index contributed by atoms with van der Waals surface area (Å²) in [5.41, 5.74) is 0. The van der Waals surface area contributed by atoms with Crippen molar-refractivity contribution in [3.05, 3.63) is 0 Å². The molecule has 3 heteroatoms. The van der Waals surface area contributed by atoms with Gasteiger partial charge in [0.2, 0.25) is 0 Å². The van der Waals surface area contributed by atoms with Crippen molar-refractivity contribution in [2.24, 2.45) is 5.92 Å². The van der Waals surface area contributed by atoms with Crippen molar-refractivity contribution >= 4 is 6.09 Å². The molecule has 0 aromatic heterocycles. The zero-order valence-electron chi connectivity index (χ0n) is 7.10. The minimum Gasteiger partial charge on any atom is -0.436 e. The Morgan fingerprint density at radius 2 is 2.27 bits per heavy atom. The third-order valence-corrected chi connectivity index (χ3v) is 0.870. The topological polar surface area (TPSA) is 38.3 Å². The highest BCUT2D eigenvalue weighted by atomic mass is 16.5. The standard InChI is InChI=1S/C8H13NO2/c1-7(2)5-4-6-11-8(10)9-3/h7H,6H2,1-3H3,(H,9,10). The molecule has 0 aliphatic rings. The molecule has 11 heavy (non-hydrogen) atoms. The Morgan fingerprint density at radius 1 is 1.64 bits per heavy atom. The van der Waals surface area contributed by atoms with Gasteiger partial charge in [0.25, 0.3) is 0 Å². The van der Waals surface area contributed by atoms with Crippen LogP contribution in [-0.2, 0) is 4.74 Å². The van der Waals surface area contributed by atoms with E-state index in [1.807, 2.05) is 13.8 Å². The lowest BCUT2D eigenvalue weighted by Crippen LogP contribution is -2.19. The van der Waals surface area contributed by atoms with Crippen molar-refractivity contribution in [3.8, 4) is 11.8 Å². The first-order valence-corrected chi connectivity index (χ1v) is 3.49. The number of hydrogen-bond donors (Lipinski definition) is 1. The van der Waals surface area contributed by atoms with Crippen molar-refractivity contribution in [1.82, 2.24) is 5.32 Å². The van der Waals surface area contributed by atoms with Crippen LogP contribution < -0.4 is 5.32 Å². The maximum absolute atomic E-state index is 10.5. The van der Waals surface area contributed by atoms with Crippen molar-refractivity contribution < 1.29 is 9.53 Å². The SMILES string of the molecule is CNC(=O)OCC#CC(C)C. The van der Waals surface area contributed by atoms with Crippen LogP contribution in [0.5, 0.6) is 0 Å². The summed E-state index contributed by atoms with van der Waals surface area (Å²) in [7, 11) is 1.51. The number of amides is 1. The highest BCUT2D eigenvalue weighted by molar-refractivity contribution is 5.66. The van der Waals surface area contributed by atoms with Gasteiger partial charge in [0.1, 0.15) is 0 Å². The van der Waals surface area contributed by atoms with E-state index in [1.165, 1.54) is 7.05 Å². The van der Waals surface area contributed by atoms with Crippen molar-refractivity contribution in [1.29, 1.82) is 0 Å². The minimum atomic E-state index is -0.442. The minimum absolute atomic E-state index is 0.165. The molecule has 0 bridgehead atoms. The predicted molar refractivity (Wildman–Crippen MR) is 43.0 cm³/mol. The summed E-state index contributed by atoms with van der Waals surface area (Å²) in [4.78, 5) is 10.5. The monoisotopic (exact) mass is 155 g/mol. The van der Waals surface area contributed by atoms with E-state index in [0.29, 0.717) is 5.92 Å². The van der Waals surface area contributed by atoms with Crippen molar-refractivity contribution in [2.75, 3.05) is 13.7 Å². The molecule has 0 aliphatic carbocycles. The van der Waals surface area contributed by atoms with Gasteiger partial charge < -0.3 is 10.1 Å². The molecule has 1 amide bonds. The fourth-order valence-electron chi connectivity index (χ4n) is 0.420. The van der Waals surface area contributed by atoms with E-state index in [0.717, 1.165) is 0 Å². The summed E-state index contributed by atoms with van der Waals surface area (Å²) in [6.07, 6.45) is -0.442. The second kappa shape index (κ2) is 5.60. The number of rotatable bonds is 1. The average Bonchev–Trinajstić information content (AvgIpc) is 1.97. The van der Waals surface area contributed by atoms with Gasteiger partial charge in [-0.25, -0.2) is 4.79 Å². The van der Waals surface area contributed by atoms with Crippen molar-refractivity contribution in [3.63, 3.8) is 0 Å². The van der Waals surface area contributed by atoms with Crippen LogP contribution in [0.4, 0.5) is 4.79 Å². The molecule has 0 spiro atoms. The first-order chi connectivity index (χ1) is 5.16. The van der Waals surface area contributed by atoms with Crippen LogP contribution in [0.3, 0.4) is 0 Å². The molecule has 1 N–H and O–H groups in total. The van der Waals surface area contributed by atoms with Gasteiger partial charge in [-0.2, -0.15) is 0 Å². The number of carbonyl (C=O) groups is 1. The number of ether oxygens (including phenoxy) is 1. The second-order valence-corrected chi connectivity index (χ2v) is 2.30. The molecule has 0 atom stereocenters. The van der Waals surface area contributed by atoms with E-state index in [4.69, 9.17) is 0 Å². The summed E-state index contributed by atoms with van der Waals surface area (Å²) >= 11 is 0. The van der Waals surface area contributed by atoms with Gasteiger partial charge in [-0.15, -0.1) is 0 Å². The number of alkyl carbamates (subject to hydrolysis) is 1. The van der Waals surface area contributed by atoms with Gasteiger partial charge in [-0.1, -0.05) is 25.7 Å². The van der Waals surface area contributed by atoms with Gasteiger partial charge in [0, 0.05) is 13.0 Å². The molecule has 0 saturated carbocycles. The van der Waals surface area contributed by atoms with Gasteiger partial charge >= 0.3 is 6.09 Å². The molecule has 0 radical (unpaired) electrons. The third-order valence-electron chi connectivity index (χ3n) is 0.870. The zero-order chi connectivity index (χ0) is 8.69. The zero-order valence-corrected chi connectivity index (χ0v) is 7.10. The molecule has 0 aliphatic heterocycles. The maximum atomic E-state index is 10.5. The Bertz CT molecular complexity index is 176. The van der Waals surface area contributed by atoms with E-state index in [-0.39, 0.29) is 6.61 Å². The Hall–Kier alpha value is -1.17. The number of hydrogen-bond acceptors (Lipinski definition) is 2. The lowest BCUT2D eigenvalue weighted by molar-refractivity contribution is 0.162.